The molecule has 0 aromatic carbocycles. The maximum atomic E-state index is 5.59. The first-order valence-electron chi connectivity index (χ1n) is 4.93. The van der Waals surface area contributed by atoms with E-state index in [4.69, 9.17) is 5.73 Å². The number of aryl methyl sites for hydroxylation is 1. The zero-order valence-electron chi connectivity index (χ0n) is 8.44. The monoisotopic (exact) mass is 212 g/mol. The lowest BCUT2D eigenvalue weighted by atomic mass is 10.1. The van der Waals surface area contributed by atoms with Crippen LogP contribution in [0.15, 0.2) is 11.5 Å². The van der Waals surface area contributed by atoms with Crippen molar-refractivity contribution in [2.24, 2.45) is 18.2 Å². The van der Waals surface area contributed by atoms with Gasteiger partial charge in [0.2, 0.25) is 0 Å². The Hall–Kier alpha value is -0.550. The Kier molecular flexibility index (Phi) is 2.78. The van der Waals surface area contributed by atoms with Crippen molar-refractivity contribution in [2.75, 3.05) is 12.3 Å². The van der Waals surface area contributed by atoms with Crippen molar-refractivity contribution in [1.29, 1.82) is 0 Å². The highest BCUT2D eigenvalue weighted by molar-refractivity contribution is 7.99. The van der Waals surface area contributed by atoms with Gasteiger partial charge in [0, 0.05) is 12.8 Å². The van der Waals surface area contributed by atoms with Crippen molar-refractivity contribution < 1.29 is 0 Å². The predicted molar refractivity (Wildman–Crippen MR) is 57.1 cm³/mol. The molecule has 0 aliphatic heterocycles. The zero-order valence-corrected chi connectivity index (χ0v) is 9.26. The van der Waals surface area contributed by atoms with E-state index in [0.717, 1.165) is 23.9 Å². The summed E-state index contributed by atoms with van der Waals surface area (Å²) in [6.07, 6.45) is 5.55. The van der Waals surface area contributed by atoms with E-state index in [1.165, 1.54) is 12.8 Å². The van der Waals surface area contributed by atoms with Gasteiger partial charge in [-0.25, -0.2) is 0 Å². The second kappa shape index (κ2) is 3.90. The molecule has 1 saturated carbocycles. The highest BCUT2D eigenvalue weighted by atomic mass is 32.2. The number of nitrogens with two attached hydrogens (primary N) is 1. The van der Waals surface area contributed by atoms with Crippen LogP contribution in [0.25, 0.3) is 0 Å². The van der Waals surface area contributed by atoms with E-state index in [-0.39, 0.29) is 0 Å². The minimum absolute atomic E-state index is 0.519. The molecule has 0 spiro atoms. The molecule has 0 bridgehead atoms. The zero-order chi connectivity index (χ0) is 10.0. The Bertz CT molecular complexity index is 306. The first-order chi connectivity index (χ1) is 6.76. The minimum atomic E-state index is 0.519. The van der Waals surface area contributed by atoms with E-state index in [1.54, 1.807) is 18.1 Å². The van der Waals surface area contributed by atoms with Crippen LogP contribution in [0.1, 0.15) is 19.3 Å². The van der Waals surface area contributed by atoms with Crippen molar-refractivity contribution in [3.63, 3.8) is 0 Å². The molecule has 1 aromatic heterocycles. The molecule has 1 aliphatic carbocycles. The maximum absolute atomic E-state index is 5.59. The third-order valence-electron chi connectivity index (χ3n) is 2.81. The summed E-state index contributed by atoms with van der Waals surface area (Å²) in [7, 11) is 1.98. The van der Waals surface area contributed by atoms with Crippen molar-refractivity contribution in [3.8, 4) is 0 Å². The molecule has 0 saturated heterocycles. The summed E-state index contributed by atoms with van der Waals surface area (Å²) < 4.78 is 1.96. The fraction of sp³-hybridized carbons (Fsp3) is 0.778. The third-order valence-corrected chi connectivity index (χ3v) is 4.19. The molecular weight excluding hydrogens is 196 g/mol. The average molecular weight is 212 g/mol. The lowest BCUT2D eigenvalue weighted by Gasteiger charge is -2.11. The van der Waals surface area contributed by atoms with Gasteiger partial charge in [0.05, 0.1) is 0 Å². The summed E-state index contributed by atoms with van der Waals surface area (Å²) in [4.78, 5) is 0. The van der Waals surface area contributed by atoms with E-state index >= 15 is 0 Å². The average Bonchev–Trinajstić information content (AvgIpc) is 2.81. The van der Waals surface area contributed by atoms with Gasteiger partial charge in [-0.1, -0.05) is 11.8 Å². The summed E-state index contributed by atoms with van der Waals surface area (Å²) in [5, 5.41) is 8.92. The molecule has 78 valence electrons. The number of aromatic nitrogens is 3. The van der Waals surface area contributed by atoms with Crippen LogP contribution in [0.4, 0.5) is 0 Å². The lowest BCUT2D eigenvalue weighted by molar-refractivity contribution is 0.536. The smallest absolute Gasteiger partial charge is 0.190 e. The Balaban J connectivity index is 1.86. The third kappa shape index (κ3) is 2.09. The molecule has 0 unspecified atom stereocenters. The van der Waals surface area contributed by atoms with Gasteiger partial charge in [-0.05, 0) is 31.2 Å². The topological polar surface area (TPSA) is 56.7 Å². The van der Waals surface area contributed by atoms with Crippen LogP contribution in [-0.4, -0.2) is 27.1 Å². The molecule has 1 aliphatic rings. The quantitative estimate of drug-likeness (QED) is 0.741. The normalized spacial score (nSPS) is 18.4. The molecule has 14 heavy (non-hydrogen) atoms. The summed E-state index contributed by atoms with van der Waals surface area (Å²) in [6, 6.07) is 0. The van der Waals surface area contributed by atoms with Crippen LogP contribution in [0, 0.1) is 5.41 Å². The van der Waals surface area contributed by atoms with Gasteiger partial charge in [0.1, 0.15) is 6.33 Å². The van der Waals surface area contributed by atoms with E-state index in [9.17, 15) is 0 Å². The Morgan fingerprint density at radius 2 is 2.43 bits per heavy atom. The SMILES string of the molecule is Cn1cnnc1SCC1(CCN)CC1. The van der Waals surface area contributed by atoms with Crippen molar-refractivity contribution in [2.45, 2.75) is 24.4 Å². The minimum Gasteiger partial charge on any atom is -0.330 e. The van der Waals surface area contributed by atoms with Gasteiger partial charge in [0.25, 0.3) is 0 Å². The number of hydrogen-bond donors (Lipinski definition) is 1. The Morgan fingerprint density at radius 3 is 2.93 bits per heavy atom. The largest absolute Gasteiger partial charge is 0.330 e. The van der Waals surface area contributed by atoms with Gasteiger partial charge in [-0.3, -0.25) is 0 Å². The maximum Gasteiger partial charge on any atom is 0.190 e. The van der Waals surface area contributed by atoms with Gasteiger partial charge in [0.15, 0.2) is 5.16 Å². The summed E-state index contributed by atoms with van der Waals surface area (Å²) in [6.45, 7) is 0.805. The second-order valence-corrected chi connectivity index (χ2v) is 4.99. The molecule has 1 fully saturated rings. The van der Waals surface area contributed by atoms with Crippen LogP contribution < -0.4 is 5.73 Å². The fourth-order valence-corrected chi connectivity index (χ4v) is 2.79. The van der Waals surface area contributed by atoms with Crippen molar-refractivity contribution >= 4 is 11.8 Å². The van der Waals surface area contributed by atoms with E-state index in [1.807, 2.05) is 11.6 Å². The lowest BCUT2D eigenvalue weighted by Crippen LogP contribution is -2.12. The molecule has 4 nitrogen and oxygen atoms in total. The molecule has 1 aromatic rings. The highest BCUT2D eigenvalue weighted by Crippen LogP contribution is 2.51. The van der Waals surface area contributed by atoms with Gasteiger partial charge >= 0.3 is 0 Å². The number of rotatable bonds is 5. The molecule has 0 amide bonds. The van der Waals surface area contributed by atoms with Gasteiger partial charge in [-0.15, -0.1) is 10.2 Å². The van der Waals surface area contributed by atoms with Crippen molar-refractivity contribution in [3.05, 3.63) is 6.33 Å². The number of nitrogens with zero attached hydrogens (tertiary/aromatic N) is 3. The fourth-order valence-electron chi connectivity index (χ4n) is 1.57. The standard InChI is InChI=1S/C9H16N4S/c1-13-7-11-12-8(13)14-6-9(2-3-9)4-5-10/h7H,2-6,10H2,1H3. The van der Waals surface area contributed by atoms with E-state index in [0.29, 0.717) is 5.41 Å². The molecular formula is C9H16N4S. The Morgan fingerprint density at radius 1 is 1.64 bits per heavy atom. The molecule has 2 rings (SSSR count). The number of hydrogen-bond acceptors (Lipinski definition) is 4. The first-order valence-corrected chi connectivity index (χ1v) is 5.91. The summed E-state index contributed by atoms with van der Waals surface area (Å²) in [5.41, 5.74) is 6.11. The molecule has 2 N–H and O–H groups in total. The van der Waals surface area contributed by atoms with Crippen LogP contribution in [0.3, 0.4) is 0 Å². The Labute approximate surface area is 88.3 Å². The molecule has 0 atom stereocenters. The predicted octanol–water partition coefficient (Wildman–Crippen LogP) is 1.04. The van der Waals surface area contributed by atoms with Crippen LogP contribution >= 0.6 is 11.8 Å². The molecule has 1 heterocycles. The van der Waals surface area contributed by atoms with Crippen LogP contribution in [0.2, 0.25) is 0 Å². The second-order valence-electron chi connectivity index (χ2n) is 4.05. The molecule has 5 heteroatoms. The number of thioether (sulfide) groups is 1. The first kappa shape index (κ1) is 9.98. The van der Waals surface area contributed by atoms with Crippen LogP contribution in [-0.2, 0) is 7.05 Å². The van der Waals surface area contributed by atoms with E-state index in [2.05, 4.69) is 10.2 Å². The van der Waals surface area contributed by atoms with Gasteiger partial charge in [-0.2, -0.15) is 0 Å². The summed E-state index contributed by atoms with van der Waals surface area (Å²) in [5.74, 6) is 1.14. The van der Waals surface area contributed by atoms with Crippen LogP contribution in [0.5, 0.6) is 0 Å². The summed E-state index contributed by atoms with van der Waals surface area (Å²) >= 11 is 1.80. The van der Waals surface area contributed by atoms with E-state index < -0.39 is 0 Å². The van der Waals surface area contributed by atoms with Gasteiger partial charge < -0.3 is 10.3 Å². The van der Waals surface area contributed by atoms with Crippen molar-refractivity contribution in [1.82, 2.24) is 14.8 Å². The highest BCUT2D eigenvalue weighted by Gasteiger charge is 2.41. The molecule has 0 radical (unpaired) electrons.